The summed E-state index contributed by atoms with van der Waals surface area (Å²) in [6, 6.07) is -0.369. The topological polar surface area (TPSA) is 86.3 Å². The summed E-state index contributed by atoms with van der Waals surface area (Å²) in [5.74, 6) is 2.01. The molecule has 2 aromatic heterocycles. The van der Waals surface area contributed by atoms with E-state index in [1.54, 1.807) is 12.0 Å². The lowest BCUT2D eigenvalue weighted by atomic mass is 10.2. The van der Waals surface area contributed by atoms with E-state index in [2.05, 4.69) is 15.2 Å². The van der Waals surface area contributed by atoms with Crippen molar-refractivity contribution in [1.29, 1.82) is 0 Å². The van der Waals surface area contributed by atoms with Gasteiger partial charge in [0.15, 0.2) is 18.0 Å². The zero-order chi connectivity index (χ0) is 15.0. The van der Waals surface area contributed by atoms with E-state index in [0.29, 0.717) is 37.0 Å². The Balaban J connectivity index is 1.97. The van der Waals surface area contributed by atoms with E-state index >= 15 is 0 Å². The molecule has 1 atom stereocenters. The number of carbonyl (C=O) groups excluding carboxylic acids is 1. The van der Waals surface area contributed by atoms with E-state index < -0.39 is 0 Å². The lowest BCUT2D eigenvalue weighted by Gasteiger charge is -2.31. The highest BCUT2D eigenvalue weighted by molar-refractivity contribution is 5.82. The maximum Gasteiger partial charge on any atom is 0.245 e. The van der Waals surface area contributed by atoms with Crippen LogP contribution in [0.15, 0.2) is 10.8 Å². The van der Waals surface area contributed by atoms with Crippen molar-refractivity contribution in [2.45, 2.75) is 26.4 Å². The van der Waals surface area contributed by atoms with Gasteiger partial charge < -0.3 is 14.1 Å². The van der Waals surface area contributed by atoms with Crippen molar-refractivity contribution < 1.29 is 13.9 Å². The van der Waals surface area contributed by atoms with Gasteiger partial charge in [-0.1, -0.05) is 0 Å². The molecular weight excluding hydrogens is 274 g/mol. The molecule has 8 heteroatoms. The molecule has 1 aliphatic rings. The van der Waals surface area contributed by atoms with Crippen LogP contribution in [0.4, 0.5) is 0 Å². The average Bonchev–Trinajstić information content (AvgIpc) is 3.07. The SMILES string of the molecule is COCCN1Cc2nnc(-c3ncoc3C)n2[C@@H](C)C1=O. The van der Waals surface area contributed by atoms with Crippen molar-refractivity contribution in [3.8, 4) is 11.5 Å². The standard InChI is InChI=1S/C13H17N5O3/c1-8-13(19)17(4-5-20-3)6-10-15-16-12(18(8)10)11-9(2)21-7-14-11/h7-8H,4-6H2,1-3H3/t8-/m0/s1. The molecule has 8 nitrogen and oxygen atoms in total. The molecule has 3 heterocycles. The second kappa shape index (κ2) is 5.28. The molecule has 1 amide bonds. The van der Waals surface area contributed by atoms with E-state index in [1.165, 1.54) is 6.39 Å². The van der Waals surface area contributed by atoms with Crippen LogP contribution in [-0.4, -0.2) is 50.8 Å². The van der Waals surface area contributed by atoms with E-state index in [0.717, 1.165) is 5.82 Å². The third-order valence-electron chi connectivity index (χ3n) is 3.68. The number of aryl methyl sites for hydroxylation is 1. The Morgan fingerprint density at radius 3 is 2.95 bits per heavy atom. The molecule has 0 spiro atoms. The van der Waals surface area contributed by atoms with Crippen LogP contribution in [0.3, 0.4) is 0 Å². The van der Waals surface area contributed by atoms with Crippen molar-refractivity contribution in [1.82, 2.24) is 24.6 Å². The molecule has 0 aliphatic carbocycles. The molecule has 1 aliphatic heterocycles. The van der Waals surface area contributed by atoms with Gasteiger partial charge in [0.2, 0.25) is 5.91 Å². The minimum absolute atomic E-state index is 0.0294. The molecular formula is C13H17N5O3. The number of amides is 1. The summed E-state index contributed by atoms with van der Waals surface area (Å²) in [5.41, 5.74) is 0.624. The predicted molar refractivity (Wildman–Crippen MR) is 72.3 cm³/mol. The van der Waals surface area contributed by atoms with Gasteiger partial charge in [0.05, 0.1) is 13.2 Å². The van der Waals surface area contributed by atoms with Crippen molar-refractivity contribution in [3.05, 3.63) is 18.0 Å². The molecule has 0 fully saturated rings. The van der Waals surface area contributed by atoms with Gasteiger partial charge in [-0.05, 0) is 13.8 Å². The molecule has 0 saturated heterocycles. The first-order chi connectivity index (χ1) is 10.1. The Bertz CT molecular complexity index is 663. The highest BCUT2D eigenvalue weighted by Gasteiger charge is 2.34. The van der Waals surface area contributed by atoms with Crippen molar-refractivity contribution >= 4 is 5.91 Å². The molecule has 3 rings (SSSR count). The molecule has 0 unspecified atom stereocenters. The third-order valence-corrected chi connectivity index (χ3v) is 3.68. The van der Waals surface area contributed by atoms with Crippen LogP contribution >= 0.6 is 0 Å². The minimum atomic E-state index is -0.369. The Morgan fingerprint density at radius 2 is 2.29 bits per heavy atom. The molecule has 0 N–H and O–H groups in total. The Hall–Kier alpha value is -2.22. The minimum Gasteiger partial charge on any atom is -0.448 e. The van der Waals surface area contributed by atoms with Gasteiger partial charge >= 0.3 is 0 Å². The van der Waals surface area contributed by atoms with Gasteiger partial charge in [0.25, 0.3) is 0 Å². The number of rotatable bonds is 4. The lowest BCUT2D eigenvalue weighted by Crippen LogP contribution is -2.43. The fraction of sp³-hybridized carbons (Fsp3) is 0.538. The number of ether oxygens (including phenoxy) is 1. The fourth-order valence-corrected chi connectivity index (χ4v) is 2.53. The Kier molecular flexibility index (Phi) is 3.46. The summed E-state index contributed by atoms with van der Waals surface area (Å²) in [6.45, 7) is 5.13. The Morgan fingerprint density at radius 1 is 1.48 bits per heavy atom. The first-order valence-electron chi connectivity index (χ1n) is 6.75. The number of carbonyl (C=O) groups is 1. The monoisotopic (exact) mass is 291 g/mol. The van der Waals surface area contributed by atoms with Gasteiger partial charge in [-0.25, -0.2) is 4.98 Å². The first-order valence-corrected chi connectivity index (χ1v) is 6.75. The van der Waals surface area contributed by atoms with Gasteiger partial charge in [0.1, 0.15) is 17.5 Å². The zero-order valence-electron chi connectivity index (χ0n) is 12.2. The number of fused-ring (bicyclic) bond motifs is 1. The number of nitrogens with zero attached hydrogens (tertiary/aromatic N) is 5. The molecule has 0 radical (unpaired) electrons. The number of methoxy groups -OCH3 is 1. The molecule has 0 bridgehead atoms. The summed E-state index contributed by atoms with van der Waals surface area (Å²) in [5, 5.41) is 8.37. The van der Waals surface area contributed by atoms with E-state index in [4.69, 9.17) is 9.15 Å². The van der Waals surface area contributed by atoms with E-state index in [-0.39, 0.29) is 11.9 Å². The normalized spacial score (nSPS) is 18.1. The average molecular weight is 291 g/mol. The maximum absolute atomic E-state index is 12.4. The summed E-state index contributed by atoms with van der Waals surface area (Å²) < 4.78 is 12.1. The van der Waals surface area contributed by atoms with Gasteiger partial charge in [-0.2, -0.15) is 0 Å². The largest absolute Gasteiger partial charge is 0.448 e. The van der Waals surface area contributed by atoms with E-state index in [9.17, 15) is 4.79 Å². The first kappa shape index (κ1) is 13.7. The number of hydrogen-bond donors (Lipinski definition) is 0. The van der Waals surface area contributed by atoms with Crippen molar-refractivity contribution in [3.63, 3.8) is 0 Å². The number of oxazole rings is 1. The summed E-state index contributed by atoms with van der Waals surface area (Å²) in [4.78, 5) is 18.3. The molecule has 0 aromatic carbocycles. The number of hydrogen-bond acceptors (Lipinski definition) is 6. The van der Waals surface area contributed by atoms with Crippen LogP contribution in [0.25, 0.3) is 11.5 Å². The summed E-state index contributed by atoms with van der Waals surface area (Å²) in [7, 11) is 1.62. The maximum atomic E-state index is 12.4. The van der Waals surface area contributed by atoms with Crippen LogP contribution in [0.1, 0.15) is 24.6 Å². The van der Waals surface area contributed by atoms with Gasteiger partial charge in [-0.15, -0.1) is 10.2 Å². The Labute approximate surface area is 121 Å². The molecule has 0 saturated carbocycles. The van der Waals surface area contributed by atoms with Crippen LogP contribution < -0.4 is 0 Å². The molecule has 2 aromatic rings. The molecule has 21 heavy (non-hydrogen) atoms. The van der Waals surface area contributed by atoms with Gasteiger partial charge in [-0.3, -0.25) is 9.36 Å². The van der Waals surface area contributed by atoms with Crippen molar-refractivity contribution in [2.75, 3.05) is 20.3 Å². The van der Waals surface area contributed by atoms with Crippen LogP contribution in [0.5, 0.6) is 0 Å². The highest BCUT2D eigenvalue weighted by atomic mass is 16.5. The number of aromatic nitrogens is 4. The van der Waals surface area contributed by atoms with Crippen LogP contribution in [-0.2, 0) is 16.1 Å². The third kappa shape index (κ3) is 2.21. The van der Waals surface area contributed by atoms with Gasteiger partial charge in [0, 0.05) is 13.7 Å². The fourth-order valence-electron chi connectivity index (χ4n) is 2.53. The van der Waals surface area contributed by atoms with E-state index in [1.807, 2.05) is 18.4 Å². The predicted octanol–water partition coefficient (Wildman–Crippen LogP) is 0.791. The summed E-state index contributed by atoms with van der Waals surface area (Å²) in [6.07, 6.45) is 1.37. The quantitative estimate of drug-likeness (QED) is 0.828. The smallest absolute Gasteiger partial charge is 0.245 e. The zero-order valence-corrected chi connectivity index (χ0v) is 12.2. The second-order valence-electron chi connectivity index (χ2n) is 5.00. The second-order valence-corrected chi connectivity index (χ2v) is 5.00. The highest BCUT2D eigenvalue weighted by Crippen LogP contribution is 2.28. The van der Waals surface area contributed by atoms with Crippen molar-refractivity contribution in [2.24, 2.45) is 0 Å². The summed E-state index contributed by atoms with van der Waals surface area (Å²) >= 11 is 0. The van der Waals surface area contributed by atoms with Crippen LogP contribution in [0, 0.1) is 6.92 Å². The van der Waals surface area contributed by atoms with Crippen LogP contribution in [0.2, 0.25) is 0 Å². The molecule has 112 valence electrons. The lowest BCUT2D eigenvalue weighted by molar-refractivity contribution is -0.137.